The first-order chi connectivity index (χ1) is 13.2. The lowest BCUT2D eigenvalue weighted by Crippen LogP contribution is -2.23. The number of nitro groups is 1. The van der Waals surface area contributed by atoms with Crippen LogP contribution in [-0.4, -0.2) is 18.0 Å². The summed E-state index contributed by atoms with van der Waals surface area (Å²) in [5.74, 6) is 0.0520. The number of nitrogens with one attached hydrogen (secondary N) is 1. The van der Waals surface area contributed by atoms with Crippen LogP contribution in [0.2, 0.25) is 0 Å². The number of aryl methyl sites for hydroxylation is 1. The Balaban J connectivity index is 1.78. The van der Waals surface area contributed by atoms with Gasteiger partial charge in [-0.3, -0.25) is 10.1 Å². The molecule has 0 saturated carbocycles. The maximum Gasteiger partial charge on any atom is 0.423 e. The van der Waals surface area contributed by atoms with Gasteiger partial charge in [0.25, 0.3) is 5.69 Å². The zero-order valence-electron chi connectivity index (χ0n) is 15.4. The molecule has 0 aliphatic heterocycles. The van der Waals surface area contributed by atoms with Crippen molar-refractivity contribution >= 4 is 5.69 Å². The van der Waals surface area contributed by atoms with Gasteiger partial charge in [0.05, 0.1) is 4.92 Å². The van der Waals surface area contributed by atoms with E-state index < -0.39 is 22.4 Å². The van der Waals surface area contributed by atoms with E-state index >= 15 is 0 Å². The zero-order chi connectivity index (χ0) is 20.7. The maximum atomic E-state index is 13.0. The Morgan fingerprint density at radius 2 is 1.75 bits per heavy atom. The fourth-order valence-electron chi connectivity index (χ4n) is 2.99. The van der Waals surface area contributed by atoms with E-state index in [2.05, 4.69) is 12.2 Å². The molecule has 1 unspecified atom stereocenters. The van der Waals surface area contributed by atoms with E-state index in [9.17, 15) is 27.7 Å². The molecule has 0 spiro atoms. The van der Waals surface area contributed by atoms with Crippen LogP contribution in [0.5, 0.6) is 0 Å². The lowest BCUT2D eigenvalue weighted by Gasteiger charge is -2.13. The van der Waals surface area contributed by atoms with Crippen LogP contribution in [0.25, 0.3) is 0 Å². The number of alkyl halides is 3. The van der Waals surface area contributed by atoms with Crippen molar-refractivity contribution in [2.45, 2.75) is 32.4 Å². The summed E-state index contributed by atoms with van der Waals surface area (Å²) in [6, 6.07) is 9.48. The number of hydrogen-bond donors (Lipinski definition) is 1. The normalized spacial score (nSPS) is 12.8. The minimum absolute atomic E-state index is 0.269. The van der Waals surface area contributed by atoms with Gasteiger partial charge in [0.15, 0.2) is 0 Å². The third-order valence-electron chi connectivity index (χ3n) is 4.37. The van der Waals surface area contributed by atoms with Gasteiger partial charge in [0.2, 0.25) is 0 Å². The molecule has 0 heterocycles. The van der Waals surface area contributed by atoms with Crippen molar-refractivity contribution in [2.24, 2.45) is 5.92 Å². The van der Waals surface area contributed by atoms with E-state index in [1.165, 1.54) is 18.2 Å². The van der Waals surface area contributed by atoms with E-state index in [0.29, 0.717) is 30.9 Å². The maximum absolute atomic E-state index is 13.0. The quantitative estimate of drug-likeness (QED) is 0.275. The molecule has 0 aromatic heterocycles. The van der Waals surface area contributed by atoms with Gasteiger partial charge >= 0.3 is 6.18 Å². The number of rotatable bonds is 9. The Morgan fingerprint density at radius 3 is 2.36 bits per heavy atom. The summed E-state index contributed by atoms with van der Waals surface area (Å²) in [6.07, 6.45) is -2.96. The van der Waals surface area contributed by atoms with E-state index in [4.69, 9.17) is 0 Å². The summed E-state index contributed by atoms with van der Waals surface area (Å²) in [6.45, 7) is 3.40. The number of benzene rings is 2. The van der Waals surface area contributed by atoms with Gasteiger partial charge in [0.1, 0.15) is 11.4 Å². The Bertz CT molecular complexity index is 792. The van der Waals surface area contributed by atoms with Crippen LogP contribution in [0.3, 0.4) is 0 Å². The van der Waals surface area contributed by atoms with E-state index in [-0.39, 0.29) is 5.82 Å². The van der Waals surface area contributed by atoms with Crippen molar-refractivity contribution in [3.05, 3.63) is 75.1 Å². The van der Waals surface area contributed by atoms with Crippen molar-refractivity contribution in [1.82, 2.24) is 5.32 Å². The third-order valence-corrected chi connectivity index (χ3v) is 4.37. The predicted molar refractivity (Wildman–Crippen MR) is 98.6 cm³/mol. The van der Waals surface area contributed by atoms with Gasteiger partial charge in [-0.25, -0.2) is 4.39 Å². The summed E-state index contributed by atoms with van der Waals surface area (Å²) in [5.41, 5.74) is -0.680. The average molecular weight is 398 g/mol. The SMILES string of the molecule is CC(CNCCCc1ccc([N+](=O)[O-])c(C(F)(F)F)c1)Cc1ccc(F)cc1. The van der Waals surface area contributed by atoms with E-state index in [1.807, 2.05) is 0 Å². The van der Waals surface area contributed by atoms with Gasteiger partial charge in [-0.2, -0.15) is 13.2 Å². The Morgan fingerprint density at radius 1 is 1.11 bits per heavy atom. The number of halogens is 4. The van der Waals surface area contributed by atoms with Crippen LogP contribution in [0, 0.1) is 21.8 Å². The Hall–Kier alpha value is -2.48. The molecule has 2 aromatic rings. The molecule has 152 valence electrons. The van der Waals surface area contributed by atoms with Gasteiger partial charge in [-0.15, -0.1) is 0 Å². The molecular weight excluding hydrogens is 376 g/mol. The molecule has 0 aliphatic carbocycles. The standard InChI is InChI=1S/C20H22F4N2O2/c1-14(11-16-4-7-17(21)8-5-16)13-25-10-2-3-15-6-9-19(26(27)28)18(12-15)20(22,23)24/h4-9,12,14,25H,2-3,10-11,13H2,1H3. The van der Waals surface area contributed by atoms with Crippen LogP contribution in [0.1, 0.15) is 30.0 Å². The van der Waals surface area contributed by atoms with Crippen molar-refractivity contribution in [3.8, 4) is 0 Å². The first-order valence-electron chi connectivity index (χ1n) is 8.96. The second kappa shape index (κ2) is 9.64. The molecule has 0 aliphatic rings. The highest BCUT2D eigenvalue weighted by Gasteiger charge is 2.38. The Kier molecular flexibility index (Phi) is 7.51. The first kappa shape index (κ1) is 21.8. The molecule has 0 fully saturated rings. The van der Waals surface area contributed by atoms with Gasteiger partial charge < -0.3 is 5.32 Å². The topological polar surface area (TPSA) is 55.2 Å². The molecule has 0 amide bonds. The number of nitrogens with zero attached hydrogens (tertiary/aromatic N) is 1. The molecule has 1 N–H and O–H groups in total. The second-order valence-corrected chi connectivity index (χ2v) is 6.85. The fourth-order valence-corrected chi connectivity index (χ4v) is 2.99. The van der Waals surface area contributed by atoms with Crippen molar-refractivity contribution in [1.29, 1.82) is 0 Å². The lowest BCUT2D eigenvalue weighted by atomic mass is 10.0. The molecule has 4 nitrogen and oxygen atoms in total. The van der Waals surface area contributed by atoms with Gasteiger partial charge in [0, 0.05) is 6.07 Å². The third kappa shape index (κ3) is 6.60. The van der Waals surface area contributed by atoms with Crippen LogP contribution in [-0.2, 0) is 19.0 Å². The number of hydrogen-bond acceptors (Lipinski definition) is 3. The second-order valence-electron chi connectivity index (χ2n) is 6.85. The molecule has 0 bridgehead atoms. The highest BCUT2D eigenvalue weighted by atomic mass is 19.4. The molecule has 0 saturated heterocycles. The van der Waals surface area contributed by atoms with Gasteiger partial charge in [-0.1, -0.05) is 25.1 Å². The highest BCUT2D eigenvalue weighted by Crippen LogP contribution is 2.36. The predicted octanol–water partition coefficient (Wildman–Crippen LogP) is 5.15. The van der Waals surface area contributed by atoms with Crippen LogP contribution in [0.4, 0.5) is 23.2 Å². The molecule has 1 atom stereocenters. The van der Waals surface area contributed by atoms with E-state index in [0.717, 1.165) is 30.7 Å². The largest absolute Gasteiger partial charge is 0.423 e. The molecular formula is C20H22F4N2O2. The van der Waals surface area contributed by atoms with Crippen LogP contribution < -0.4 is 5.32 Å². The number of nitro benzene ring substituents is 1. The average Bonchev–Trinajstić information content (AvgIpc) is 2.62. The summed E-state index contributed by atoms with van der Waals surface area (Å²) in [5, 5.41) is 14.0. The summed E-state index contributed by atoms with van der Waals surface area (Å²) >= 11 is 0. The minimum Gasteiger partial charge on any atom is -0.316 e. The smallest absolute Gasteiger partial charge is 0.316 e. The zero-order valence-corrected chi connectivity index (χ0v) is 15.4. The summed E-state index contributed by atoms with van der Waals surface area (Å²) < 4.78 is 51.8. The van der Waals surface area contributed by atoms with Crippen LogP contribution in [0.15, 0.2) is 42.5 Å². The molecule has 8 heteroatoms. The molecule has 2 rings (SSSR count). The van der Waals surface area contributed by atoms with Crippen LogP contribution >= 0.6 is 0 Å². The lowest BCUT2D eigenvalue weighted by molar-refractivity contribution is -0.388. The summed E-state index contributed by atoms with van der Waals surface area (Å²) in [7, 11) is 0. The highest BCUT2D eigenvalue weighted by molar-refractivity contribution is 5.44. The van der Waals surface area contributed by atoms with E-state index in [1.54, 1.807) is 12.1 Å². The minimum atomic E-state index is -4.76. The van der Waals surface area contributed by atoms with Crippen molar-refractivity contribution in [2.75, 3.05) is 13.1 Å². The monoisotopic (exact) mass is 398 g/mol. The van der Waals surface area contributed by atoms with Crippen molar-refractivity contribution < 1.29 is 22.5 Å². The molecule has 28 heavy (non-hydrogen) atoms. The van der Waals surface area contributed by atoms with Gasteiger partial charge in [-0.05, 0) is 67.6 Å². The van der Waals surface area contributed by atoms with Crippen molar-refractivity contribution in [3.63, 3.8) is 0 Å². The fraction of sp³-hybridized carbons (Fsp3) is 0.400. The summed E-state index contributed by atoms with van der Waals surface area (Å²) in [4.78, 5) is 9.75. The molecule has 2 aromatic carbocycles. The molecule has 0 radical (unpaired) electrons. The first-order valence-corrected chi connectivity index (χ1v) is 8.96. The Labute approximate surface area is 160 Å².